The number of aliphatic hydroxyl groups excluding tert-OH is 3. The SMILES string of the molecule is CCc1nc2c(N3CCc4ccccc43)ncnc2n1[C@@H]1O[C@H](CO)[C@@H](O)[C@H]1O. The number of aromatic nitrogens is 4. The molecule has 2 aromatic heterocycles. The van der Waals surface area contributed by atoms with Crippen molar-refractivity contribution in [2.45, 2.75) is 44.3 Å². The molecule has 0 amide bonds. The lowest BCUT2D eigenvalue weighted by Gasteiger charge is -2.20. The third kappa shape index (κ3) is 2.73. The summed E-state index contributed by atoms with van der Waals surface area (Å²) >= 11 is 0. The summed E-state index contributed by atoms with van der Waals surface area (Å²) < 4.78 is 7.46. The molecule has 2 aliphatic heterocycles. The van der Waals surface area contributed by atoms with Crippen molar-refractivity contribution < 1.29 is 20.1 Å². The Labute approximate surface area is 167 Å². The van der Waals surface area contributed by atoms with Crippen LogP contribution in [0, 0.1) is 0 Å². The van der Waals surface area contributed by atoms with Gasteiger partial charge in [-0.15, -0.1) is 0 Å². The van der Waals surface area contributed by atoms with Gasteiger partial charge in [-0.2, -0.15) is 0 Å². The topological polar surface area (TPSA) is 117 Å². The van der Waals surface area contributed by atoms with Gasteiger partial charge in [0.15, 0.2) is 23.2 Å². The monoisotopic (exact) mass is 397 g/mol. The Morgan fingerprint density at radius 1 is 1.17 bits per heavy atom. The highest BCUT2D eigenvalue weighted by Crippen LogP contribution is 2.38. The van der Waals surface area contributed by atoms with Gasteiger partial charge in [0.1, 0.15) is 30.5 Å². The van der Waals surface area contributed by atoms with Crippen molar-refractivity contribution >= 4 is 22.7 Å². The molecule has 3 aromatic rings. The van der Waals surface area contributed by atoms with Crippen LogP contribution in [-0.2, 0) is 17.6 Å². The van der Waals surface area contributed by atoms with Crippen LogP contribution in [-0.4, -0.2) is 66.3 Å². The van der Waals surface area contributed by atoms with E-state index in [-0.39, 0.29) is 6.61 Å². The molecule has 29 heavy (non-hydrogen) atoms. The van der Waals surface area contributed by atoms with Crippen LogP contribution in [0.25, 0.3) is 11.2 Å². The summed E-state index contributed by atoms with van der Waals surface area (Å²) in [6.45, 7) is 2.37. The standard InChI is InChI=1S/C20H23N5O4/c1-2-14-23-15-18(24-8-7-11-5-3-4-6-12(11)24)21-10-22-19(15)25(14)20-17(28)16(27)13(9-26)29-20/h3-6,10,13,16-17,20,26-28H,2,7-9H2,1H3/t13-,16-,17-,20-/m1/s1. The molecule has 3 N–H and O–H groups in total. The number of hydrogen-bond acceptors (Lipinski definition) is 8. The Hall–Kier alpha value is -2.59. The Balaban J connectivity index is 1.64. The number of aliphatic hydroxyl groups is 3. The molecule has 9 heteroatoms. The molecule has 1 saturated heterocycles. The van der Waals surface area contributed by atoms with Crippen molar-refractivity contribution in [1.82, 2.24) is 19.5 Å². The minimum atomic E-state index is -1.19. The molecule has 0 aliphatic carbocycles. The summed E-state index contributed by atoms with van der Waals surface area (Å²) in [6, 6.07) is 8.22. The van der Waals surface area contributed by atoms with E-state index in [0.29, 0.717) is 29.2 Å². The zero-order valence-electron chi connectivity index (χ0n) is 16.0. The quantitative estimate of drug-likeness (QED) is 0.589. The Morgan fingerprint density at radius 2 is 2.00 bits per heavy atom. The molecule has 152 valence electrons. The second-order valence-corrected chi connectivity index (χ2v) is 7.38. The first-order valence-electron chi connectivity index (χ1n) is 9.83. The fourth-order valence-corrected chi connectivity index (χ4v) is 4.31. The van der Waals surface area contributed by atoms with Gasteiger partial charge in [0, 0.05) is 18.7 Å². The highest BCUT2D eigenvalue weighted by Gasteiger charge is 2.45. The van der Waals surface area contributed by atoms with Gasteiger partial charge >= 0.3 is 0 Å². The number of fused-ring (bicyclic) bond motifs is 2. The van der Waals surface area contributed by atoms with Crippen molar-refractivity contribution in [2.75, 3.05) is 18.1 Å². The van der Waals surface area contributed by atoms with E-state index in [9.17, 15) is 15.3 Å². The number of hydrogen-bond donors (Lipinski definition) is 3. The zero-order chi connectivity index (χ0) is 20.1. The molecular weight excluding hydrogens is 374 g/mol. The Bertz CT molecular complexity index is 1050. The maximum absolute atomic E-state index is 10.5. The van der Waals surface area contributed by atoms with Crippen LogP contribution in [0.15, 0.2) is 30.6 Å². The van der Waals surface area contributed by atoms with Crippen molar-refractivity contribution in [1.29, 1.82) is 0 Å². The van der Waals surface area contributed by atoms with Crippen molar-refractivity contribution in [2.24, 2.45) is 0 Å². The molecule has 5 rings (SSSR count). The smallest absolute Gasteiger partial charge is 0.167 e. The molecule has 0 radical (unpaired) electrons. The predicted octanol–water partition coefficient (Wildman–Crippen LogP) is 0.694. The second-order valence-electron chi connectivity index (χ2n) is 7.38. The van der Waals surface area contributed by atoms with Crippen molar-refractivity contribution in [3.63, 3.8) is 0 Å². The number of nitrogens with zero attached hydrogens (tertiary/aromatic N) is 5. The molecule has 0 bridgehead atoms. The van der Waals surface area contributed by atoms with Crippen LogP contribution in [0.3, 0.4) is 0 Å². The van der Waals surface area contributed by atoms with Crippen LogP contribution in [0.5, 0.6) is 0 Å². The summed E-state index contributed by atoms with van der Waals surface area (Å²) in [6.07, 6.45) is -1.12. The number of ether oxygens (including phenoxy) is 1. The number of imidazole rings is 1. The van der Waals surface area contributed by atoms with Gasteiger partial charge in [0.2, 0.25) is 0 Å². The van der Waals surface area contributed by atoms with Gasteiger partial charge in [-0.25, -0.2) is 15.0 Å². The summed E-state index contributed by atoms with van der Waals surface area (Å²) in [5.41, 5.74) is 3.52. The first-order chi connectivity index (χ1) is 14.1. The molecule has 1 aromatic carbocycles. The third-order valence-electron chi connectivity index (χ3n) is 5.76. The number of benzene rings is 1. The molecular formula is C20H23N5O4. The molecule has 2 aliphatic rings. The van der Waals surface area contributed by atoms with Gasteiger partial charge in [-0.1, -0.05) is 25.1 Å². The van der Waals surface area contributed by atoms with E-state index in [1.165, 1.54) is 11.9 Å². The summed E-state index contributed by atoms with van der Waals surface area (Å²) in [7, 11) is 0. The molecule has 0 saturated carbocycles. The highest BCUT2D eigenvalue weighted by atomic mass is 16.6. The molecule has 1 fully saturated rings. The van der Waals surface area contributed by atoms with Crippen molar-refractivity contribution in [3.8, 4) is 0 Å². The minimum Gasteiger partial charge on any atom is -0.394 e. The van der Waals surface area contributed by atoms with Crippen LogP contribution < -0.4 is 4.90 Å². The number of aryl methyl sites for hydroxylation is 1. The number of para-hydroxylation sites is 1. The van der Waals surface area contributed by atoms with Crippen LogP contribution >= 0.6 is 0 Å². The maximum atomic E-state index is 10.5. The molecule has 9 nitrogen and oxygen atoms in total. The normalized spacial score (nSPS) is 26.4. The van der Waals surface area contributed by atoms with E-state index < -0.39 is 24.5 Å². The van der Waals surface area contributed by atoms with Gasteiger partial charge in [-0.05, 0) is 18.1 Å². The summed E-state index contributed by atoms with van der Waals surface area (Å²) in [4.78, 5) is 15.8. The lowest BCUT2D eigenvalue weighted by molar-refractivity contribution is -0.0522. The number of anilines is 2. The minimum absolute atomic E-state index is 0.381. The van der Waals surface area contributed by atoms with Crippen molar-refractivity contribution in [3.05, 3.63) is 42.0 Å². The van der Waals surface area contributed by atoms with E-state index in [0.717, 1.165) is 18.7 Å². The first-order valence-corrected chi connectivity index (χ1v) is 9.83. The van der Waals surface area contributed by atoms with E-state index in [2.05, 4.69) is 27.0 Å². The zero-order valence-corrected chi connectivity index (χ0v) is 16.0. The molecule has 4 atom stereocenters. The average Bonchev–Trinajstić information content (AvgIpc) is 3.42. The van der Waals surface area contributed by atoms with E-state index in [4.69, 9.17) is 9.72 Å². The average molecular weight is 397 g/mol. The fourth-order valence-electron chi connectivity index (χ4n) is 4.31. The van der Waals surface area contributed by atoms with Crippen LogP contribution in [0.2, 0.25) is 0 Å². The maximum Gasteiger partial charge on any atom is 0.167 e. The van der Waals surface area contributed by atoms with Gasteiger partial charge in [0.05, 0.1) is 6.61 Å². The van der Waals surface area contributed by atoms with E-state index in [1.807, 2.05) is 19.1 Å². The summed E-state index contributed by atoms with van der Waals surface area (Å²) in [5, 5.41) is 30.2. The Kier molecular flexibility index (Phi) is 4.47. The van der Waals surface area contributed by atoms with Gasteiger partial charge in [-0.3, -0.25) is 4.57 Å². The first kappa shape index (κ1) is 18.4. The Morgan fingerprint density at radius 3 is 2.76 bits per heavy atom. The molecule has 0 spiro atoms. The predicted molar refractivity (Wildman–Crippen MR) is 105 cm³/mol. The number of rotatable bonds is 4. The fraction of sp³-hybridized carbons (Fsp3) is 0.450. The van der Waals surface area contributed by atoms with E-state index >= 15 is 0 Å². The van der Waals surface area contributed by atoms with Crippen LogP contribution in [0.4, 0.5) is 11.5 Å². The van der Waals surface area contributed by atoms with Gasteiger partial charge in [0.25, 0.3) is 0 Å². The molecule has 4 heterocycles. The highest BCUT2D eigenvalue weighted by molar-refractivity contribution is 5.88. The van der Waals surface area contributed by atoms with E-state index in [1.54, 1.807) is 4.57 Å². The lowest BCUT2D eigenvalue weighted by Crippen LogP contribution is -2.33. The van der Waals surface area contributed by atoms with Gasteiger partial charge < -0.3 is 25.0 Å². The second kappa shape index (κ2) is 7.03. The largest absolute Gasteiger partial charge is 0.394 e. The lowest BCUT2D eigenvalue weighted by atomic mass is 10.1. The third-order valence-corrected chi connectivity index (χ3v) is 5.76. The molecule has 0 unspecified atom stereocenters. The summed E-state index contributed by atoms with van der Waals surface area (Å²) in [5.74, 6) is 1.38. The van der Waals surface area contributed by atoms with Crippen LogP contribution in [0.1, 0.15) is 24.5 Å².